The number of hydrogen-bond acceptors (Lipinski definition) is 7. The van der Waals surface area contributed by atoms with Crippen LogP contribution in [0.15, 0.2) is 46.3 Å². The summed E-state index contributed by atoms with van der Waals surface area (Å²) >= 11 is 1.74. The second kappa shape index (κ2) is 9.34. The number of fused-ring (bicyclic) bond motifs is 1. The molecule has 5 rings (SSSR count). The Morgan fingerprint density at radius 2 is 2.00 bits per heavy atom. The summed E-state index contributed by atoms with van der Waals surface area (Å²) in [6.07, 6.45) is 2.38. The van der Waals surface area contributed by atoms with Gasteiger partial charge in [0, 0.05) is 23.1 Å². The first-order chi connectivity index (χ1) is 15.7. The summed E-state index contributed by atoms with van der Waals surface area (Å²) in [6.45, 7) is 6.02. The van der Waals surface area contributed by atoms with Crippen molar-refractivity contribution in [1.29, 1.82) is 0 Å². The molecule has 0 saturated carbocycles. The minimum absolute atomic E-state index is 0.176. The van der Waals surface area contributed by atoms with Gasteiger partial charge in [0.15, 0.2) is 23.0 Å². The van der Waals surface area contributed by atoms with Gasteiger partial charge >= 0.3 is 0 Å². The lowest BCUT2D eigenvalue weighted by molar-refractivity contribution is 0.0906. The zero-order valence-corrected chi connectivity index (χ0v) is 18.9. The molecule has 2 aliphatic rings. The lowest BCUT2D eigenvalue weighted by Gasteiger charge is -2.36. The van der Waals surface area contributed by atoms with Crippen LogP contribution in [0.2, 0.25) is 0 Å². The van der Waals surface area contributed by atoms with Crippen LogP contribution in [-0.2, 0) is 0 Å². The molecule has 1 amide bonds. The molecule has 7 nitrogen and oxygen atoms in total. The molecule has 2 aromatic heterocycles. The monoisotopic (exact) mass is 453 g/mol. The molecule has 3 aromatic rings. The fourth-order valence-electron chi connectivity index (χ4n) is 4.23. The Morgan fingerprint density at radius 1 is 1.19 bits per heavy atom. The van der Waals surface area contributed by atoms with Gasteiger partial charge in [-0.05, 0) is 61.5 Å². The Morgan fingerprint density at radius 3 is 2.78 bits per heavy atom. The van der Waals surface area contributed by atoms with Gasteiger partial charge in [-0.25, -0.2) is 0 Å². The third kappa shape index (κ3) is 4.52. The quantitative estimate of drug-likeness (QED) is 0.597. The average Bonchev–Trinajstić information content (AvgIpc) is 3.53. The van der Waals surface area contributed by atoms with E-state index in [1.165, 1.54) is 17.7 Å². The van der Waals surface area contributed by atoms with Crippen LogP contribution in [0.5, 0.6) is 11.5 Å². The van der Waals surface area contributed by atoms with Crippen molar-refractivity contribution in [2.24, 2.45) is 5.92 Å². The average molecular weight is 454 g/mol. The number of thiophene rings is 1. The third-order valence-electron chi connectivity index (χ3n) is 6.16. The summed E-state index contributed by atoms with van der Waals surface area (Å²) in [5.41, 5.74) is 1.06. The Balaban J connectivity index is 1.26. The van der Waals surface area contributed by atoms with Crippen LogP contribution < -0.4 is 14.8 Å². The van der Waals surface area contributed by atoms with Crippen molar-refractivity contribution in [1.82, 2.24) is 15.4 Å². The first-order valence-electron chi connectivity index (χ1n) is 11.1. The predicted octanol–water partition coefficient (Wildman–Crippen LogP) is 4.38. The molecule has 168 valence electrons. The van der Waals surface area contributed by atoms with Gasteiger partial charge in [0.2, 0.25) is 0 Å². The van der Waals surface area contributed by atoms with E-state index in [0.717, 1.165) is 24.6 Å². The van der Waals surface area contributed by atoms with Gasteiger partial charge in [-0.1, -0.05) is 18.1 Å². The second-order valence-electron chi connectivity index (χ2n) is 8.39. The molecule has 2 aliphatic heterocycles. The first-order valence-corrected chi connectivity index (χ1v) is 12.0. The van der Waals surface area contributed by atoms with Crippen LogP contribution in [0.25, 0.3) is 11.3 Å². The van der Waals surface area contributed by atoms with Gasteiger partial charge in [0.1, 0.15) is 13.2 Å². The van der Waals surface area contributed by atoms with E-state index >= 15 is 0 Å². The number of piperidine rings is 1. The van der Waals surface area contributed by atoms with Crippen molar-refractivity contribution in [3.8, 4) is 22.8 Å². The number of carbonyl (C=O) groups excluding carboxylic acids is 1. The zero-order valence-electron chi connectivity index (χ0n) is 18.1. The van der Waals surface area contributed by atoms with E-state index < -0.39 is 0 Å². The highest BCUT2D eigenvalue weighted by atomic mass is 32.1. The van der Waals surface area contributed by atoms with Gasteiger partial charge in [-0.15, -0.1) is 11.3 Å². The summed E-state index contributed by atoms with van der Waals surface area (Å²) < 4.78 is 16.6. The smallest absolute Gasteiger partial charge is 0.273 e. The fraction of sp³-hybridized carbons (Fsp3) is 0.417. The van der Waals surface area contributed by atoms with Gasteiger partial charge in [-0.2, -0.15) is 0 Å². The van der Waals surface area contributed by atoms with Crippen molar-refractivity contribution in [3.63, 3.8) is 0 Å². The van der Waals surface area contributed by atoms with E-state index in [-0.39, 0.29) is 17.6 Å². The van der Waals surface area contributed by atoms with E-state index in [4.69, 9.17) is 14.0 Å². The third-order valence-corrected chi connectivity index (χ3v) is 7.13. The Labute approximate surface area is 191 Å². The number of nitrogens with zero attached hydrogens (tertiary/aromatic N) is 2. The van der Waals surface area contributed by atoms with Crippen LogP contribution >= 0.6 is 11.3 Å². The molecule has 32 heavy (non-hydrogen) atoms. The predicted molar refractivity (Wildman–Crippen MR) is 122 cm³/mol. The molecule has 0 spiro atoms. The summed E-state index contributed by atoms with van der Waals surface area (Å²) in [5.74, 6) is 2.44. The highest BCUT2D eigenvalue weighted by Gasteiger charge is 2.26. The molecule has 0 aliphatic carbocycles. The number of hydrogen-bond donors (Lipinski definition) is 1. The van der Waals surface area contributed by atoms with Crippen molar-refractivity contribution in [3.05, 3.63) is 52.3 Å². The second-order valence-corrected chi connectivity index (χ2v) is 9.37. The minimum Gasteiger partial charge on any atom is -0.486 e. The fourth-order valence-corrected chi connectivity index (χ4v) is 5.09. The lowest BCUT2D eigenvalue weighted by Crippen LogP contribution is -2.41. The molecule has 1 aromatic carbocycles. The van der Waals surface area contributed by atoms with Crippen molar-refractivity contribution >= 4 is 17.2 Å². The standard InChI is InChI=1S/C24H27N3O4S/c1-16-6-8-27(9-7-16)19(23-3-2-12-32-23)15-25-24(28)18-14-21(31-26-18)17-4-5-20-22(13-17)30-11-10-29-20/h2-5,12-14,16,19H,6-11,15H2,1H3,(H,25,28)/t19-/m0/s1. The SMILES string of the molecule is CC1CCN([C@@H](CNC(=O)c2cc(-c3ccc4c(c3)OCCO4)on2)c2cccs2)CC1. The van der Waals surface area contributed by atoms with Gasteiger partial charge in [0.05, 0.1) is 6.04 Å². The first kappa shape index (κ1) is 21.0. The zero-order chi connectivity index (χ0) is 21.9. The normalized spacial score (nSPS) is 17.8. The number of benzene rings is 1. The lowest BCUT2D eigenvalue weighted by atomic mass is 9.97. The molecule has 0 bridgehead atoms. The molecular weight excluding hydrogens is 426 g/mol. The number of ether oxygens (including phenoxy) is 2. The molecule has 1 N–H and O–H groups in total. The van der Waals surface area contributed by atoms with E-state index in [2.05, 4.69) is 39.8 Å². The van der Waals surface area contributed by atoms with Crippen molar-refractivity contribution in [2.45, 2.75) is 25.8 Å². The van der Waals surface area contributed by atoms with Crippen LogP contribution in [0.1, 0.15) is 41.2 Å². The molecule has 1 saturated heterocycles. The summed E-state index contributed by atoms with van der Waals surface area (Å²) in [7, 11) is 0. The molecule has 0 radical (unpaired) electrons. The number of rotatable bonds is 6. The number of amides is 1. The molecule has 0 unspecified atom stereocenters. The Hall–Kier alpha value is -2.84. The van der Waals surface area contributed by atoms with Crippen LogP contribution in [0, 0.1) is 5.92 Å². The molecule has 1 fully saturated rings. The van der Waals surface area contributed by atoms with E-state index in [1.54, 1.807) is 17.4 Å². The van der Waals surface area contributed by atoms with E-state index in [1.807, 2.05) is 18.2 Å². The van der Waals surface area contributed by atoms with Crippen LogP contribution in [-0.4, -0.2) is 48.8 Å². The van der Waals surface area contributed by atoms with Crippen molar-refractivity contribution < 1.29 is 18.8 Å². The molecule has 1 atom stereocenters. The van der Waals surface area contributed by atoms with Gasteiger partial charge < -0.3 is 19.3 Å². The highest BCUT2D eigenvalue weighted by molar-refractivity contribution is 7.10. The van der Waals surface area contributed by atoms with Gasteiger partial charge in [0.25, 0.3) is 5.91 Å². The maximum Gasteiger partial charge on any atom is 0.273 e. The summed E-state index contributed by atoms with van der Waals surface area (Å²) in [6, 6.07) is 11.6. The summed E-state index contributed by atoms with van der Waals surface area (Å²) in [4.78, 5) is 16.6. The minimum atomic E-state index is -0.232. The van der Waals surface area contributed by atoms with E-state index in [9.17, 15) is 4.79 Å². The van der Waals surface area contributed by atoms with E-state index in [0.29, 0.717) is 37.0 Å². The Bertz CT molecular complexity index is 1060. The number of nitrogens with one attached hydrogen (secondary N) is 1. The molecule has 4 heterocycles. The summed E-state index contributed by atoms with van der Waals surface area (Å²) in [5, 5.41) is 9.16. The van der Waals surface area contributed by atoms with Gasteiger partial charge in [-0.3, -0.25) is 9.69 Å². The maximum absolute atomic E-state index is 12.8. The number of likely N-dealkylation sites (tertiary alicyclic amines) is 1. The maximum atomic E-state index is 12.8. The number of carbonyl (C=O) groups is 1. The van der Waals surface area contributed by atoms with Crippen molar-refractivity contribution in [2.75, 3.05) is 32.8 Å². The number of aromatic nitrogens is 1. The molecule has 8 heteroatoms. The molecular formula is C24H27N3O4S. The van der Waals surface area contributed by atoms with Crippen LogP contribution in [0.4, 0.5) is 0 Å². The largest absolute Gasteiger partial charge is 0.486 e. The Kier molecular flexibility index (Phi) is 6.14. The topological polar surface area (TPSA) is 76.8 Å². The highest BCUT2D eigenvalue weighted by Crippen LogP contribution is 2.35. The van der Waals surface area contributed by atoms with Crippen LogP contribution in [0.3, 0.4) is 0 Å².